The van der Waals surface area contributed by atoms with Gasteiger partial charge in [0.1, 0.15) is 5.75 Å². The SMILES string of the molecule is Cc1ccc(O)c(C(=O)N(C)CCC(C)Cl)c1. The van der Waals surface area contributed by atoms with Crippen molar-refractivity contribution in [2.75, 3.05) is 13.6 Å². The van der Waals surface area contributed by atoms with Crippen LogP contribution in [0.4, 0.5) is 0 Å². The lowest BCUT2D eigenvalue weighted by molar-refractivity contribution is 0.0790. The van der Waals surface area contributed by atoms with E-state index in [4.69, 9.17) is 11.6 Å². The van der Waals surface area contributed by atoms with Crippen LogP contribution >= 0.6 is 11.6 Å². The number of aromatic hydroxyl groups is 1. The topological polar surface area (TPSA) is 40.5 Å². The maximum absolute atomic E-state index is 12.1. The molecule has 0 radical (unpaired) electrons. The van der Waals surface area contributed by atoms with Crippen LogP contribution in [0.5, 0.6) is 5.75 Å². The summed E-state index contributed by atoms with van der Waals surface area (Å²) in [4.78, 5) is 13.6. The molecule has 0 saturated heterocycles. The maximum Gasteiger partial charge on any atom is 0.257 e. The number of hydrogen-bond acceptors (Lipinski definition) is 2. The first-order chi connectivity index (χ1) is 7.91. The highest BCUT2D eigenvalue weighted by molar-refractivity contribution is 6.20. The van der Waals surface area contributed by atoms with Crippen LogP contribution in [0.1, 0.15) is 29.3 Å². The van der Waals surface area contributed by atoms with E-state index >= 15 is 0 Å². The number of halogens is 1. The number of rotatable bonds is 4. The van der Waals surface area contributed by atoms with E-state index in [1.807, 2.05) is 13.8 Å². The number of phenolic OH excluding ortho intramolecular Hbond substituents is 1. The van der Waals surface area contributed by atoms with Gasteiger partial charge in [-0.1, -0.05) is 11.6 Å². The van der Waals surface area contributed by atoms with Gasteiger partial charge in [0, 0.05) is 19.0 Å². The van der Waals surface area contributed by atoms with Crippen LogP contribution in [0, 0.1) is 6.92 Å². The van der Waals surface area contributed by atoms with Crippen LogP contribution in [0.2, 0.25) is 0 Å². The molecule has 0 saturated carbocycles. The number of carbonyl (C=O) groups is 1. The average molecular weight is 256 g/mol. The molecule has 0 aliphatic heterocycles. The van der Waals surface area contributed by atoms with Gasteiger partial charge in [0.25, 0.3) is 5.91 Å². The normalized spacial score (nSPS) is 12.2. The van der Waals surface area contributed by atoms with Crippen LogP contribution in [0.3, 0.4) is 0 Å². The third-order valence-corrected chi connectivity index (χ3v) is 2.81. The van der Waals surface area contributed by atoms with E-state index in [-0.39, 0.29) is 17.0 Å². The van der Waals surface area contributed by atoms with E-state index < -0.39 is 0 Å². The number of carbonyl (C=O) groups excluding carboxylic acids is 1. The van der Waals surface area contributed by atoms with E-state index in [9.17, 15) is 9.90 Å². The molecule has 1 amide bonds. The maximum atomic E-state index is 12.1. The zero-order chi connectivity index (χ0) is 13.0. The summed E-state index contributed by atoms with van der Waals surface area (Å²) in [6, 6.07) is 5.01. The highest BCUT2D eigenvalue weighted by Gasteiger charge is 2.16. The van der Waals surface area contributed by atoms with Crippen molar-refractivity contribution in [3.63, 3.8) is 0 Å². The van der Waals surface area contributed by atoms with E-state index in [0.29, 0.717) is 12.1 Å². The molecule has 94 valence electrons. The minimum atomic E-state index is -0.177. The quantitative estimate of drug-likeness (QED) is 0.841. The fraction of sp³-hybridized carbons (Fsp3) is 0.462. The summed E-state index contributed by atoms with van der Waals surface area (Å²) in [5.41, 5.74) is 1.29. The van der Waals surface area contributed by atoms with Crippen molar-refractivity contribution in [2.45, 2.75) is 25.6 Å². The molecule has 1 unspecified atom stereocenters. The second kappa shape index (κ2) is 5.92. The number of amides is 1. The number of aryl methyl sites for hydroxylation is 1. The number of hydrogen-bond donors (Lipinski definition) is 1. The Bertz CT molecular complexity index is 404. The van der Waals surface area contributed by atoms with Crippen molar-refractivity contribution in [2.24, 2.45) is 0 Å². The Morgan fingerprint density at radius 3 is 2.76 bits per heavy atom. The first-order valence-corrected chi connectivity index (χ1v) is 6.04. The molecular formula is C13H18ClNO2. The number of nitrogens with zero attached hydrogens (tertiary/aromatic N) is 1. The molecule has 17 heavy (non-hydrogen) atoms. The standard InChI is InChI=1S/C13H18ClNO2/c1-9-4-5-12(16)11(8-9)13(17)15(3)7-6-10(2)14/h4-5,8,10,16H,6-7H2,1-3H3. The largest absolute Gasteiger partial charge is 0.507 e. The molecule has 1 rings (SSSR count). The monoisotopic (exact) mass is 255 g/mol. The van der Waals surface area contributed by atoms with Crippen LogP contribution in [-0.2, 0) is 0 Å². The first-order valence-electron chi connectivity index (χ1n) is 5.61. The summed E-state index contributed by atoms with van der Waals surface area (Å²) in [7, 11) is 1.71. The number of alkyl halides is 1. The van der Waals surface area contributed by atoms with Gasteiger partial charge < -0.3 is 10.0 Å². The lowest BCUT2D eigenvalue weighted by Gasteiger charge is -2.18. The molecule has 0 fully saturated rings. The van der Waals surface area contributed by atoms with Crippen molar-refractivity contribution in [3.05, 3.63) is 29.3 Å². The van der Waals surface area contributed by atoms with Gasteiger partial charge in [-0.15, -0.1) is 11.6 Å². The van der Waals surface area contributed by atoms with E-state index in [0.717, 1.165) is 12.0 Å². The molecule has 1 atom stereocenters. The number of phenols is 1. The smallest absolute Gasteiger partial charge is 0.257 e. The third kappa shape index (κ3) is 3.93. The van der Waals surface area contributed by atoms with Gasteiger partial charge in [-0.2, -0.15) is 0 Å². The molecule has 1 aromatic rings. The Balaban J connectivity index is 2.78. The van der Waals surface area contributed by atoms with Gasteiger partial charge in [0.2, 0.25) is 0 Å². The van der Waals surface area contributed by atoms with Crippen LogP contribution in [0.25, 0.3) is 0 Å². The van der Waals surface area contributed by atoms with Crippen LogP contribution in [0.15, 0.2) is 18.2 Å². The van der Waals surface area contributed by atoms with Gasteiger partial charge in [0.05, 0.1) is 5.56 Å². The summed E-state index contributed by atoms with van der Waals surface area (Å²) in [6.07, 6.45) is 0.733. The van der Waals surface area contributed by atoms with Crippen molar-refractivity contribution >= 4 is 17.5 Å². The van der Waals surface area contributed by atoms with E-state index in [1.54, 1.807) is 30.1 Å². The second-order valence-corrected chi connectivity index (χ2v) is 5.06. The third-order valence-electron chi connectivity index (χ3n) is 2.59. The summed E-state index contributed by atoms with van der Waals surface area (Å²) in [5, 5.41) is 9.70. The fourth-order valence-corrected chi connectivity index (χ4v) is 1.60. The lowest BCUT2D eigenvalue weighted by atomic mass is 10.1. The lowest BCUT2D eigenvalue weighted by Crippen LogP contribution is -2.28. The highest BCUT2D eigenvalue weighted by atomic mass is 35.5. The fourth-order valence-electron chi connectivity index (χ4n) is 1.50. The molecule has 3 nitrogen and oxygen atoms in total. The Hall–Kier alpha value is -1.22. The molecule has 0 heterocycles. The Morgan fingerprint density at radius 2 is 2.18 bits per heavy atom. The molecular weight excluding hydrogens is 238 g/mol. The minimum absolute atomic E-state index is 0.0198. The molecule has 0 aliphatic carbocycles. The minimum Gasteiger partial charge on any atom is -0.507 e. The van der Waals surface area contributed by atoms with Gasteiger partial charge >= 0.3 is 0 Å². The van der Waals surface area contributed by atoms with Crippen molar-refractivity contribution < 1.29 is 9.90 Å². The number of benzene rings is 1. The van der Waals surface area contributed by atoms with Gasteiger partial charge in [-0.05, 0) is 32.4 Å². The molecule has 0 aliphatic rings. The molecule has 1 N–H and O–H groups in total. The zero-order valence-electron chi connectivity index (χ0n) is 10.4. The zero-order valence-corrected chi connectivity index (χ0v) is 11.2. The van der Waals surface area contributed by atoms with Crippen molar-refractivity contribution in [1.82, 2.24) is 4.90 Å². The molecule has 0 spiro atoms. The summed E-state index contributed by atoms with van der Waals surface area (Å²) in [5.74, 6) is -0.158. The van der Waals surface area contributed by atoms with Crippen LogP contribution in [-0.4, -0.2) is 34.9 Å². The molecule has 0 aromatic heterocycles. The van der Waals surface area contributed by atoms with E-state index in [2.05, 4.69) is 0 Å². The molecule has 0 bridgehead atoms. The van der Waals surface area contributed by atoms with Crippen molar-refractivity contribution in [1.29, 1.82) is 0 Å². The van der Waals surface area contributed by atoms with Crippen LogP contribution < -0.4 is 0 Å². The Morgan fingerprint density at radius 1 is 1.53 bits per heavy atom. The average Bonchev–Trinajstić information content (AvgIpc) is 2.28. The predicted molar refractivity (Wildman–Crippen MR) is 69.7 cm³/mol. The Labute approximate surface area is 107 Å². The molecule has 4 heteroatoms. The van der Waals surface area contributed by atoms with Gasteiger partial charge in [-0.25, -0.2) is 0 Å². The summed E-state index contributed by atoms with van der Waals surface area (Å²) < 4.78 is 0. The summed E-state index contributed by atoms with van der Waals surface area (Å²) in [6.45, 7) is 4.36. The molecule has 1 aromatic carbocycles. The van der Waals surface area contributed by atoms with Gasteiger partial charge in [0.15, 0.2) is 0 Å². The Kier molecular flexibility index (Phi) is 4.82. The first kappa shape index (κ1) is 13.8. The predicted octanol–water partition coefficient (Wildman–Crippen LogP) is 2.79. The van der Waals surface area contributed by atoms with Crippen molar-refractivity contribution in [3.8, 4) is 5.75 Å². The highest BCUT2D eigenvalue weighted by Crippen LogP contribution is 2.19. The second-order valence-electron chi connectivity index (χ2n) is 4.32. The van der Waals surface area contributed by atoms with E-state index in [1.165, 1.54) is 0 Å². The van der Waals surface area contributed by atoms with Gasteiger partial charge in [-0.3, -0.25) is 4.79 Å². The summed E-state index contributed by atoms with van der Waals surface area (Å²) >= 11 is 5.84.